The van der Waals surface area contributed by atoms with Crippen LogP contribution in [0.4, 0.5) is 11.4 Å². The van der Waals surface area contributed by atoms with E-state index in [2.05, 4.69) is 31.0 Å². The molecule has 0 aromatic heterocycles. The van der Waals surface area contributed by atoms with Crippen molar-refractivity contribution in [2.45, 2.75) is 39.7 Å². The van der Waals surface area contributed by atoms with Crippen LogP contribution < -0.4 is 5.32 Å². The highest BCUT2D eigenvalue weighted by Crippen LogP contribution is 2.18. The topological polar surface area (TPSA) is 58.4 Å². The largest absolute Gasteiger partial charge is 0.382 e. The molecule has 0 saturated heterocycles. The lowest BCUT2D eigenvalue weighted by Gasteiger charge is -2.20. The summed E-state index contributed by atoms with van der Waals surface area (Å²) in [6.45, 7) is 9.74. The van der Waals surface area contributed by atoms with Gasteiger partial charge in [-0.15, -0.1) is 0 Å². The number of hydrogen-bond donors (Lipinski definition) is 1. The van der Waals surface area contributed by atoms with Crippen LogP contribution in [-0.4, -0.2) is 35.5 Å². The average Bonchev–Trinajstić information content (AvgIpc) is 2.44. The Kier molecular flexibility index (Phi) is 7.01. The van der Waals surface area contributed by atoms with Crippen LogP contribution >= 0.6 is 0 Å². The third-order valence-corrected chi connectivity index (χ3v) is 3.48. The van der Waals surface area contributed by atoms with Crippen LogP contribution in [0.15, 0.2) is 24.3 Å². The Morgan fingerprint density at radius 1 is 1.35 bits per heavy atom. The summed E-state index contributed by atoms with van der Waals surface area (Å²) in [6.07, 6.45) is 2.18. The molecular formula is C15H25N3O2. The Morgan fingerprint density at radius 3 is 2.65 bits per heavy atom. The molecule has 5 nitrogen and oxygen atoms in total. The normalized spacial score (nSPS) is 12.4. The number of nitro benzene ring substituents is 1. The van der Waals surface area contributed by atoms with Gasteiger partial charge in [-0.25, -0.2) is 0 Å². The van der Waals surface area contributed by atoms with Crippen LogP contribution in [0.3, 0.4) is 0 Å². The van der Waals surface area contributed by atoms with Crippen LogP contribution in [0.1, 0.15) is 33.6 Å². The van der Waals surface area contributed by atoms with Gasteiger partial charge in [0.15, 0.2) is 0 Å². The maximum absolute atomic E-state index is 10.7. The second-order valence-electron chi connectivity index (χ2n) is 5.02. The van der Waals surface area contributed by atoms with Gasteiger partial charge in [0, 0.05) is 23.9 Å². The van der Waals surface area contributed by atoms with E-state index in [4.69, 9.17) is 0 Å². The minimum atomic E-state index is -0.365. The highest BCUT2D eigenvalue weighted by atomic mass is 16.6. The van der Waals surface area contributed by atoms with Crippen molar-refractivity contribution < 1.29 is 4.92 Å². The van der Waals surface area contributed by atoms with E-state index < -0.39 is 0 Å². The van der Waals surface area contributed by atoms with Gasteiger partial charge in [0.1, 0.15) is 0 Å². The molecule has 0 bridgehead atoms. The average molecular weight is 279 g/mol. The zero-order valence-electron chi connectivity index (χ0n) is 12.6. The molecular weight excluding hydrogens is 254 g/mol. The third-order valence-electron chi connectivity index (χ3n) is 3.48. The summed E-state index contributed by atoms with van der Waals surface area (Å²) < 4.78 is 0. The number of nitrogens with one attached hydrogen (secondary N) is 1. The molecule has 1 aromatic carbocycles. The van der Waals surface area contributed by atoms with Crippen molar-refractivity contribution in [3.8, 4) is 0 Å². The van der Waals surface area contributed by atoms with Gasteiger partial charge in [-0.3, -0.25) is 10.1 Å². The van der Waals surface area contributed by atoms with Crippen LogP contribution in [0.25, 0.3) is 0 Å². The fourth-order valence-corrected chi connectivity index (χ4v) is 2.23. The molecule has 5 heteroatoms. The van der Waals surface area contributed by atoms with Crippen LogP contribution in [-0.2, 0) is 0 Å². The SMILES string of the molecule is CCN(CC)CCCC(C)Nc1cccc([N+](=O)[O-])c1. The summed E-state index contributed by atoms with van der Waals surface area (Å²) >= 11 is 0. The van der Waals surface area contributed by atoms with Gasteiger partial charge in [-0.05, 0) is 45.5 Å². The molecule has 0 aliphatic heterocycles. The number of nitrogens with zero attached hydrogens (tertiary/aromatic N) is 2. The number of non-ortho nitro benzene ring substituents is 1. The molecule has 0 heterocycles. The molecule has 1 unspecified atom stereocenters. The number of rotatable bonds is 9. The van der Waals surface area contributed by atoms with Gasteiger partial charge in [-0.2, -0.15) is 0 Å². The van der Waals surface area contributed by atoms with Crippen molar-refractivity contribution in [3.63, 3.8) is 0 Å². The van der Waals surface area contributed by atoms with Crippen LogP contribution in [0, 0.1) is 10.1 Å². The van der Waals surface area contributed by atoms with Crippen molar-refractivity contribution in [1.82, 2.24) is 4.90 Å². The van der Waals surface area contributed by atoms with Gasteiger partial charge in [0.25, 0.3) is 5.69 Å². The molecule has 0 spiro atoms. The highest BCUT2D eigenvalue weighted by Gasteiger charge is 2.08. The molecule has 0 amide bonds. The number of nitro groups is 1. The first-order valence-corrected chi connectivity index (χ1v) is 7.30. The van der Waals surface area contributed by atoms with Crippen molar-refractivity contribution >= 4 is 11.4 Å². The van der Waals surface area contributed by atoms with E-state index in [-0.39, 0.29) is 10.6 Å². The van der Waals surface area contributed by atoms with E-state index in [1.54, 1.807) is 12.1 Å². The van der Waals surface area contributed by atoms with Crippen molar-refractivity contribution in [2.24, 2.45) is 0 Å². The van der Waals surface area contributed by atoms with Crippen LogP contribution in [0.5, 0.6) is 0 Å². The first kappa shape index (κ1) is 16.4. The van der Waals surface area contributed by atoms with E-state index in [1.165, 1.54) is 6.07 Å². The summed E-state index contributed by atoms with van der Waals surface area (Å²) in [7, 11) is 0. The molecule has 1 aromatic rings. The van der Waals surface area contributed by atoms with E-state index in [0.29, 0.717) is 6.04 Å². The minimum Gasteiger partial charge on any atom is -0.382 e. The number of hydrogen-bond acceptors (Lipinski definition) is 4. The number of benzene rings is 1. The molecule has 0 aliphatic carbocycles. The van der Waals surface area contributed by atoms with E-state index in [9.17, 15) is 10.1 Å². The molecule has 20 heavy (non-hydrogen) atoms. The maximum Gasteiger partial charge on any atom is 0.271 e. The summed E-state index contributed by atoms with van der Waals surface area (Å²) in [5.41, 5.74) is 0.944. The fraction of sp³-hybridized carbons (Fsp3) is 0.600. The van der Waals surface area contributed by atoms with Crippen molar-refractivity contribution in [3.05, 3.63) is 34.4 Å². The lowest BCUT2D eigenvalue weighted by molar-refractivity contribution is -0.384. The zero-order chi connectivity index (χ0) is 15.0. The quantitative estimate of drug-likeness (QED) is 0.555. The molecule has 112 valence electrons. The Bertz CT molecular complexity index is 419. The highest BCUT2D eigenvalue weighted by molar-refractivity contribution is 5.51. The van der Waals surface area contributed by atoms with Gasteiger partial charge in [-0.1, -0.05) is 19.9 Å². The Morgan fingerprint density at radius 2 is 2.05 bits per heavy atom. The van der Waals surface area contributed by atoms with Gasteiger partial charge in [0.05, 0.1) is 4.92 Å². The Balaban J connectivity index is 2.40. The van der Waals surface area contributed by atoms with Crippen molar-refractivity contribution in [2.75, 3.05) is 25.0 Å². The summed E-state index contributed by atoms with van der Waals surface area (Å²) in [5, 5.41) is 14.0. The lowest BCUT2D eigenvalue weighted by Crippen LogP contribution is -2.25. The smallest absolute Gasteiger partial charge is 0.271 e. The molecule has 1 rings (SSSR count). The van der Waals surface area contributed by atoms with Gasteiger partial charge < -0.3 is 10.2 Å². The predicted molar refractivity (Wildman–Crippen MR) is 83.2 cm³/mol. The van der Waals surface area contributed by atoms with Gasteiger partial charge in [0.2, 0.25) is 0 Å². The Hall–Kier alpha value is -1.62. The molecule has 1 N–H and O–H groups in total. The summed E-state index contributed by atoms with van der Waals surface area (Å²) in [4.78, 5) is 12.8. The van der Waals surface area contributed by atoms with Gasteiger partial charge >= 0.3 is 0 Å². The van der Waals surface area contributed by atoms with E-state index >= 15 is 0 Å². The maximum atomic E-state index is 10.7. The molecule has 1 atom stereocenters. The molecule has 0 fully saturated rings. The molecule has 0 aliphatic rings. The molecule has 0 radical (unpaired) electrons. The summed E-state index contributed by atoms with van der Waals surface area (Å²) in [6, 6.07) is 6.99. The third kappa shape index (κ3) is 5.57. The fourth-order valence-electron chi connectivity index (χ4n) is 2.23. The monoisotopic (exact) mass is 279 g/mol. The molecule has 0 saturated carbocycles. The first-order valence-electron chi connectivity index (χ1n) is 7.30. The lowest BCUT2D eigenvalue weighted by atomic mass is 10.1. The first-order chi connectivity index (χ1) is 9.56. The standard InChI is InChI=1S/C15H25N3O2/c1-4-17(5-2)11-7-8-13(3)16-14-9-6-10-15(12-14)18(19)20/h6,9-10,12-13,16H,4-5,7-8,11H2,1-3H3. The van der Waals surface area contributed by atoms with E-state index in [0.717, 1.165) is 38.2 Å². The Labute approximate surface area is 121 Å². The minimum absolute atomic E-state index is 0.130. The number of anilines is 1. The van der Waals surface area contributed by atoms with Crippen molar-refractivity contribution in [1.29, 1.82) is 0 Å². The second-order valence-corrected chi connectivity index (χ2v) is 5.02. The summed E-state index contributed by atoms with van der Waals surface area (Å²) in [5.74, 6) is 0. The van der Waals surface area contributed by atoms with Crippen LogP contribution in [0.2, 0.25) is 0 Å². The second kappa shape index (κ2) is 8.53. The zero-order valence-corrected chi connectivity index (χ0v) is 12.6. The predicted octanol–water partition coefficient (Wildman–Crippen LogP) is 3.52. The van der Waals surface area contributed by atoms with E-state index in [1.807, 2.05) is 6.07 Å².